The number of hydrogen-bond acceptors (Lipinski definition) is 3. The smallest absolute Gasteiger partial charge is 0.224 e. The van der Waals surface area contributed by atoms with Crippen molar-refractivity contribution in [1.82, 2.24) is 15.0 Å². The number of halogens is 2. The Morgan fingerprint density at radius 1 is 0.800 bits per heavy atom. The van der Waals surface area contributed by atoms with Crippen LogP contribution in [0.4, 0.5) is 0 Å². The summed E-state index contributed by atoms with van der Waals surface area (Å²) in [5.41, 5.74) is 3.79. The fourth-order valence-electron chi connectivity index (χ4n) is 1.90. The van der Waals surface area contributed by atoms with Crippen molar-refractivity contribution in [3.8, 4) is 22.4 Å². The van der Waals surface area contributed by atoms with Crippen LogP contribution in [0, 0.1) is 0 Å². The average molecular weight is 302 g/mol. The van der Waals surface area contributed by atoms with Gasteiger partial charge in [-0.15, -0.1) is 0 Å². The molecule has 5 heteroatoms. The van der Waals surface area contributed by atoms with Gasteiger partial charge in [0.2, 0.25) is 5.28 Å². The number of nitrogens with zero attached hydrogens (tertiary/aromatic N) is 3. The summed E-state index contributed by atoms with van der Waals surface area (Å²) in [6, 6.07) is 13.6. The standard InChI is InChI=1S/C15H9Cl2N3/c16-14-8-13(19-15(17)20-14)11-5-3-10(4-6-11)12-2-1-7-18-9-12/h1-9H. The van der Waals surface area contributed by atoms with Gasteiger partial charge in [0.15, 0.2) is 0 Å². The Hall–Kier alpha value is -1.97. The average Bonchev–Trinajstić information content (AvgIpc) is 2.47. The minimum atomic E-state index is 0.142. The number of benzene rings is 1. The molecule has 0 fully saturated rings. The zero-order chi connectivity index (χ0) is 13.9. The van der Waals surface area contributed by atoms with Crippen LogP contribution >= 0.6 is 23.2 Å². The molecule has 0 spiro atoms. The van der Waals surface area contributed by atoms with E-state index in [0.717, 1.165) is 16.7 Å². The Balaban J connectivity index is 1.97. The largest absolute Gasteiger partial charge is 0.264 e. The van der Waals surface area contributed by atoms with E-state index in [9.17, 15) is 0 Å². The van der Waals surface area contributed by atoms with Crippen molar-refractivity contribution in [1.29, 1.82) is 0 Å². The van der Waals surface area contributed by atoms with Gasteiger partial charge in [0.25, 0.3) is 0 Å². The lowest BCUT2D eigenvalue weighted by atomic mass is 10.0. The Morgan fingerprint density at radius 3 is 2.20 bits per heavy atom. The molecule has 2 heterocycles. The number of rotatable bonds is 2. The maximum absolute atomic E-state index is 5.88. The van der Waals surface area contributed by atoms with Crippen LogP contribution in [-0.4, -0.2) is 15.0 Å². The van der Waals surface area contributed by atoms with E-state index in [-0.39, 0.29) is 5.28 Å². The molecule has 0 radical (unpaired) electrons. The molecule has 0 atom stereocenters. The summed E-state index contributed by atoms with van der Waals surface area (Å²) in [6.07, 6.45) is 3.58. The summed E-state index contributed by atoms with van der Waals surface area (Å²) in [5, 5.41) is 0.472. The quantitative estimate of drug-likeness (QED) is 0.516. The molecule has 0 N–H and O–H groups in total. The van der Waals surface area contributed by atoms with E-state index in [1.165, 1.54) is 0 Å². The second kappa shape index (κ2) is 5.57. The summed E-state index contributed by atoms with van der Waals surface area (Å²) in [5.74, 6) is 0. The van der Waals surface area contributed by atoms with Crippen LogP contribution < -0.4 is 0 Å². The summed E-state index contributed by atoms with van der Waals surface area (Å²) in [4.78, 5) is 12.1. The van der Waals surface area contributed by atoms with Gasteiger partial charge in [-0.25, -0.2) is 9.97 Å². The second-order valence-corrected chi connectivity index (χ2v) is 4.89. The van der Waals surface area contributed by atoms with Gasteiger partial charge in [-0.2, -0.15) is 0 Å². The Bertz CT molecular complexity index is 708. The monoisotopic (exact) mass is 301 g/mol. The Labute approximate surface area is 126 Å². The van der Waals surface area contributed by atoms with E-state index in [4.69, 9.17) is 23.2 Å². The maximum atomic E-state index is 5.88. The zero-order valence-corrected chi connectivity index (χ0v) is 11.8. The Morgan fingerprint density at radius 2 is 1.55 bits per heavy atom. The third-order valence-corrected chi connectivity index (χ3v) is 3.21. The molecule has 3 nitrogen and oxygen atoms in total. The number of hydrogen-bond donors (Lipinski definition) is 0. The van der Waals surface area contributed by atoms with Crippen molar-refractivity contribution < 1.29 is 0 Å². The van der Waals surface area contributed by atoms with E-state index in [2.05, 4.69) is 15.0 Å². The lowest BCUT2D eigenvalue weighted by Crippen LogP contribution is -1.88. The number of aromatic nitrogens is 3. The van der Waals surface area contributed by atoms with Crippen LogP contribution in [0.15, 0.2) is 54.9 Å². The fourth-order valence-corrected chi connectivity index (χ4v) is 2.31. The lowest BCUT2D eigenvalue weighted by molar-refractivity contribution is 1.17. The molecule has 0 aliphatic carbocycles. The minimum Gasteiger partial charge on any atom is -0.264 e. The van der Waals surface area contributed by atoms with Crippen molar-refractivity contribution in [2.45, 2.75) is 0 Å². The molecule has 20 heavy (non-hydrogen) atoms. The molecule has 1 aromatic carbocycles. The molecule has 0 bridgehead atoms. The first-order valence-electron chi connectivity index (χ1n) is 5.93. The molecular formula is C15H9Cl2N3. The van der Waals surface area contributed by atoms with Crippen LogP contribution in [0.1, 0.15) is 0 Å². The highest BCUT2D eigenvalue weighted by Crippen LogP contribution is 2.25. The Kier molecular flexibility index (Phi) is 3.63. The second-order valence-electron chi connectivity index (χ2n) is 4.16. The normalized spacial score (nSPS) is 10.5. The lowest BCUT2D eigenvalue weighted by Gasteiger charge is -2.04. The summed E-state index contributed by atoms with van der Waals surface area (Å²) >= 11 is 11.7. The molecule has 0 aliphatic heterocycles. The van der Waals surface area contributed by atoms with Gasteiger partial charge < -0.3 is 0 Å². The van der Waals surface area contributed by atoms with E-state index in [1.807, 2.05) is 42.6 Å². The van der Waals surface area contributed by atoms with Gasteiger partial charge in [-0.1, -0.05) is 41.9 Å². The van der Waals surface area contributed by atoms with E-state index in [0.29, 0.717) is 10.8 Å². The summed E-state index contributed by atoms with van der Waals surface area (Å²) in [6.45, 7) is 0. The number of pyridine rings is 1. The van der Waals surface area contributed by atoms with Crippen molar-refractivity contribution in [2.75, 3.05) is 0 Å². The third-order valence-electron chi connectivity index (χ3n) is 2.84. The van der Waals surface area contributed by atoms with Crippen molar-refractivity contribution >= 4 is 23.2 Å². The SMILES string of the molecule is Clc1cc(-c2ccc(-c3cccnc3)cc2)nc(Cl)n1. The molecular weight excluding hydrogens is 293 g/mol. The van der Waals surface area contributed by atoms with E-state index >= 15 is 0 Å². The molecule has 0 saturated carbocycles. The minimum absolute atomic E-state index is 0.142. The van der Waals surface area contributed by atoms with Crippen LogP contribution in [0.5, 0.6) is 0 Å². The highest BCUT2D eigenvalue weighted by molar-refractivity contribution is 6.32. The molecule has 0 saturated heterocycles. The molecule has 0 amide bonds. The topological polar surface area (TPSA) is 38.7 Å². The van der Waals surface area contributed by atoms with Crippen molar-refractivity contribution in [3.05, 3.63) is 65.3 Å². The van der Waals surface area contributed by atoms with Gasteiger partial charge in [-0.05, 0) is 28.8 Å². The molecule has 0 aliphatic rings. The summed E-state index contributed by atoms with van der Waals surface area (Å²) < 4.78 is 0. The maximum Gasteiger partial charge on any atom is 0.224 e. The van der Waals surface area contributed by atoms with E-state index < -0.39 is 0 Å². The third kappa shape index (κ3) is 2.79. The van der Waals surface area contributed by atoms with Gasteiger partial charge >= 0.3 is 0 Å². The predicted octanol–water partition coefficient (Wildman–Crippen LogP) is 4.51. The first-order chi connectivity index (χ1) is 9.72. The van der Waals surface area contributed by atoms with Gasteiger partial charge in [0.1, 0.15) is 5.15 Å². The summed E-state index contributed by atoms with van der Waals surface area (Å²) in [7, 11) is 0. The highest BCUT2D eigenvalue weighted by atomic mass is 35.5. The highest BCUT2D eigenvalue weighted by Gasteiger charge is 2.05. The van der Waals surface area contributed by atoms with Crippen LogP contribution in [0.2, 0.25) is 10.4 Å². The van der Waals surface area contributed by atoms with Crippen molar-refractivity contribution in [2.24, 2.45) is 0 Å². The first kappa shape index (κ1) is 13.0. The zero-order valence-electron chi connectivity index (χ0n) is 10.3. The molecule has 3 aromatic rings. The molecule has 3 rings (SSSR count). The van der Waals surface area contributed by atoms with Crippen molar-refractivity contribution in [3.63, 3.8) is 0 Å². The van der Waals surface area contributed by atoms with Crippen LogP contribution in [0.25, 0.3) is 22.4 Å². The van der Waals surface area contributed by atoms with Gasteiger partial charge in [-0.3, -0.25) is 4.98 Å². The molecule has 98 valence electrons. The van der Waals surface area contributed by atoms with Crippen LogP contribution in [-0.2, 0) is 0 Å². The van der Waals surface area contributed by atoms with Gasteiger partial charge in [0, 0.05) is 24.0 Å². The predicted molar refractivity (Wildman–Crippen MR) is 80.7 cm³/mol. The first-order valence-corrected chi connectivity index (χ1v) is 6.69. The van der Waals surface area contributed by atoms with E-state index in [1.54, 1.807) is 12.3 Å². The fraction of sp³-hybridized carbons (Fsp3) is 0. The van der Waals surface area contributed by atoms with Crippen LogP contribution in [0.3, 0.4) is 0 Å². The molecule has 0 unspecified atom stereocenters. The van der Waals surface area contributed by atoms with Gasteiger partial charge in [0.05, 0.1) is 5.69 Å². The molecule has 2 aromatic heterocycles.